The quantitative estimate of drug-likeness (QED) is 0.0211. The standard InChI is InChI=1S/C78H135NO8/c1-6-8-10-12-14-16-18-20-22-24-26-28-30-32-33-34-35-36-37-38-39-40-41-42-43-45-47-49-51-53-55-57-59-61-63-65-67-69-76(81)87-74(73-86-78(77(82)83)84-71-70-79(3,4)5)72-85-75(80)68-66-64-62-60-58-56-54-52-50-48-46-44-31-29-27-25-23-21-19-17-15-13-11-9-7-2/h8,10,14,16,20,22,25-28,32-33,35-36,38-39,41-42,74,78H,6-7,9,11-13,15,17-19,21,23-24,29-31,34,37,40,43-73H2,1-5H3/p+1/b10-8-,16-14-,22-20-,27-25-,28-26-,33-32-,36-35-,39-38-,42-41-. The van der Waals surface area contributed by atoms with Gasteiger partial charge in [0.1, 0.15) is 13.2 Å². The van der Waals surface area contributed by atoms with Crippen LogP contribution in [0.3, 0.4) is 0 Å². The van der Waals surface area contributed by atoms with Crippen LogP contribution in [0.2, 0.25) is 0 Å². The zero-order valence-corrected chi connectivity index (χ0v) is 57.2. The van der Waals surface area contributed by atoms with Gasteiger partial charge in [-0.25, -0.2) is 4.79 Å². The van der Waals surface area contributed by atoms with Gasteiger partial charge < -0.3 is 28.5 Å². The molecule has 0 fully saturated rings. The predicted octanol–water partition coefficient (Wildman–Crippen LogP) is 22.6. The molecule has 87 heavy (non-hydrogen) atoms. The Hall–Kier alpha value is -4.05. The highest BCUT2D eigenvalue weighted by atomic mass is 16.7. The normalized spacial score (nSPS) is 13.3. The van der Waals surface area contributed by atoms with E-state index in [1.54, 1.807) is 0 Å². The van der Waals surface area contributed by atoms with Crippen LogP contribution in [-0.2, 0) is 33.3 Å². The van der Waals surface area contributed by atoms with Crippen LogP contribution >= 0.6 is 0 Å². The van der Waals surface area contributed by atoms with Crippen LogP contribution in [-0.4, -0.2) is 87.4 Å². The SMILES string of the molecule is CC/C=C\C/C=C\C/C=C\C/C=C\C/C=C\C/C=C\C/C=C\C/C=C\CCCCCCCCCCCCCCC(=O)OC(COC(=O)CCCCCCCCCCCCCCC/C=C\CCCCCCCCCC)COC(OCC[N+](C)(C)C)C(=O)O. The molecule has 1 N–H and O–H groups in total. The lowest BCUT2D eigenvalue weighted by Crippen LogP contribution is -2.40. The lowest BCUT2D eigenvalue weighted by molar-refractivity contribution is -0.870. The number of aliphatic carboxylic acids is 1. The number of unbranched alkanes of at least 4 members (excludes halogenated alkanes) is 33. The van der Waals surface area contributed by atoms with E-state index in [1.807, 2.05) is 21.1 Å². The van der Waals surface area contributed by atoms with Gasteiger partial charge in [-0.3, -0.25) is 9.59 Å². The van der Waals surface area contributed by atoms with Crippen LogP contribution in [0.15, 0.2) is 109 Å². The van der Waals surface area contributed by atoms with Crippen LogP contribution in [0.5, 0.6) is 0 Å². The monoisotopic (exact) mass is 1220 g/mol. The maximum absolute atomic E-state index is 13.0. The molecule has 2 atom stereocenters. The summed E-state index contributed by atoms with van der Waals surface area (Å²) in [7, 11) is 5.98. The molecule has 0 spiro atoms. The summed E-state index contributed by atoms with van der Waals surface area (Å²) in [6, 6.07) is 0. The summed E-state index contributed by atoms with van der Waals surface area (Å²) < 4.78 is 23.0. The van der Waals surface area contributed by atoms with E-state index in [2.05, 4.69) is 123 Å². The number of carbonyl (C=O) groups excluding carboxylic acids is 2. The fraction of sp³-hybridized carbons (Fsp3) is 0.731. The fourth-order valence-electron chi connectivity index (χ4n) is 10.0. The third kappa shape index (κ3) is 69.3. The van der Waals surface area contributed by atoms with Gasteiger partial charge in [-0.1, -0.05) is 303 Å². The number of ether oxygens (including phenoxy) is 4. The Kier molecular flexibility index (Phi) is 64.7. The van der Waals surface area contributed by atoms with E-state index >= 15 is 0 Å². The van der Waals surface area contributed by atoms with Gasteiger partial charge in [-0.05, 0) is 103 Å². The summed E-state index contributed by atoms with van der Waals surface area (Å²) in [5.74, 6) is -2.00. The van der Waals surface area contributed by atoms with Gasteiger partial charge in [0, 0.05) is 12.8 Å². The van der Waals surface area contributed by atoms with Gasteiger partial charge in [0.15, 0.2) is 6.10 Å². The van der Waals surface area contributed by atoms with E-state index in [1.165, 1.54) is 186 Å². The molecule has 500 valence electrons. The second-order valence-electron chi connectivity index (χ2n) is 25.2. The maximum Gasteiger partial charge on any atom is 0.361 e. The summed E-state index contributed by atoms with van der Waals surface area (Å²) in [5.41, 5.74) is 0. The lowest BCUT2D eigenvalue weighted by atomic mass is 10.0. The molecule has 0 radical (unpaired) electrons. The van der Waals surface area contributed by atoms with Gasteiger partial charge in [0.2, 0.25) is 0 Å². The minimum atomic E-state index is -1.52. The van der Waals surface area contributed by atoms with Crippen molar-refractivity contribution in [1.82, 2.24) is 0 Å². The summed E-state index contributed by atoms with van der Waals surface area (Å²) in [5, 5.41) is 9.75. The topological polar surface area (TPSA) is 108 Å². The maximum atomic E-state index is 13.0. The van der Waals surface area contributed by atoms with Crippen LogP contribution in [0, 0.1) is 0 Å². The molecule has 0 aliphatic rings. The minimum Gasteiger partial charge on any atom is -0.477 e. The molecule has 0 heterocycles. The van der Waals surface area contributed by atoms with Crippen molar-refractivity contribution in [3.8, 4) is 0 Å². The summed E-state index contributed by atoms with van der Waals surface area (Å²) in [6.45, 7) is 4.79. The number of carboxylic acids is 1. The summed E-state index contributed by atoms with van der Waals surface area (Å²) in [6.07, 6.45) is 92.0. The third-order valence-electron chi connectivity index (χ3n) is 15.5. The first-order valence-electron chi connectivity index (χ1n) is 36.1. The number of quaternary nitrogens is 1. The number of carboxylic acid groups (broad SMARTS) is 1. The highest BCUT2D eigenvalue weighted by Gasteiger charge is 2.25. The first-order chi connectivity index (χ1) is 42.6. The molecule has 0 aromatic carbocycles. The van der Waals surface area contributed by atoms with Crippen molar-refractivity contribution in [2.75, 3.05) is 47.5 Å². The molecule has 9 nitrogen and oxygen atoms in total. The molecular weight excluding hydrogens is 1080 g/mol. The van der Waals surface area contributed by atoms with Crippen molar-refractivity contribution in [1.29, 1.82) is 0 Å². The van der Waals surface area contributed by atoms with E-state index < -0.39 is 24.3 Å². The lowest BCUT2D eigenvalue weighted by Gasteiger charge is -2.25. The Morgan fingerprint density at radius 2 is 0.655 bits per heavy atom. The predicted molar refractivity (Wildman–Crippen MR) is 373 cm³/mol. The molecule has 0 rings (SSSR count). The van der Waals surface area contributed by atoms with Gasteiger partial charge in [-0.15, -0.1) is 0 Å². The van der Waals surface area contributed by atoms with Crippen molar-refractivity contribution in [2.45, 2.75) is 322 Å². The van der Waals surface area contributed by atoms with Gasteiger partial charge in [-0.2, -0.15) is 0 Å². The molecule has 0 aromatic rings. The van der Waals surface area contributed by atoms with E-state index in [4.69, 9.17) is 18.9 Å². The molecule has 0 saturated carbocycles. The van der Waals surface area contributed by atoms with E-state index in [0.717, 1.165) is 89.9 Å². The van der Waals surface area contributed by atoms with Crippen LogP contribution in [0.4, 0.5) is 0 Å². The molecule has 0 saturated heterocycles. The Bertz CT molecular complexity index is 1800. The number of rotatable bonds is 66. The Morgan fingerprint density at radius 1 is 0.356 bits per heavy atom. The van der Waals surface area contributed by atoms with Crippen molar-refractivity contribution < 1.29 is 42.9 Å². The number of nitrogens with zero attached hydrogens (tertiary/aromatic N) is 1. The number of hydrogen-bond acceptors (Lipinski definition) is 7. The van der Waals surface area contributed by atoms with E-state index in [0.29, 0.717) is 23.9 Å². The average Bonchev–Trinajstić information content (AvgIpc) is 3.57. The van der Waals surface area contributed by atoms with E-state index in [-0.39, 0.29) is 32.2 Å². The molecule has 0 amide bonds. The van der Waals surface area contributed by atoms with E-state index in [9.17, 15) is 19.5 Å². The Balaban J connectivity index is 4.12. The smallest absolute Gasteiger partial charge is 0.361 e. The fourth-order valence-corrected chi connectivity index (χ4v) is 10.0. The molecule has 9 heteroatoms. The molecule has 0 aliphatic carbocycles. The van der Waals surface area contributed by atoms with Gasteiger partial charge in [0.25, 0.3) is 6.29 Å². The number of hydrogen-bond donors (Lipinski definition) is 1. The van der Waals surface area contributed by atoms with Crippen molar-refractivity contribution in [3.05, 3.63) is 109 Å². The Labute approximate surface area is 536 Å². The van der Waals surface area contributed by atoms with Crippen molar-refractivity contribution >= 4 is 17.9 Å². The van der Waals surface area contributed by atoms with Crippen LogP contribution in [0.1, 0.15) is 309 Å². The van der Waals surface area contributed by atoms with Crippen LogP contribution in [0.25, 0.3) is 0 Å². The van der Waals surface area contributed by atoms with Crippen molar-refractivity contribution in [3.63, 3.8) is 0 Å². The highest BCUT2D eigenvalue weighted by Crippen LogP contribution is 2.17. The minimum absolute atomic E-state index is 0.184. The number of likely N-dealkylation sites (N-methyl/N-ethyl adjacent to an activating group) is 1. The van der Waals surface area contributed by atoms with Crippen LogP contribution < -0.4 is 0 Å². The largest absolute Gasteiger partial charge is 0.477 e. The molecular formula is C78H136NO8+. The average molecular weight is 1220 g/mol. The third-order valence-corrected chi connectivity index (χ3v) is 15.5. The number of esters is 2. The number of carbonyl (C=O) groups is 3. The second kappa shape index (κ2) is 67.9. The van der Waals surface area contributed by atoms with Crippen molar-refractivity contribution in [2.24, 2.45) is 0 Å². The van der Waals surface area contributed by atoms with Gasteiger partial charge >= 0.3 is 17.9 Å². The van der Waals surface area contributed by atoms with Gasteiger partial charge in [0.05, 0.1) is 34.4 Å². The highest BCUT2D eigenvalue weighted by molar-refractivity contribution is 5.71. The molecule has 0 aromatic heterocycles. The Morgan fingerprint density at radius 3 is 0.989 bits per heavy atom. The second-order valence-corrected chi connectivity index (χ2v) is 25.2. The summed E-state index contributed by atoms with van der Waals surface area (Å²) in [4.78, 5) is 37.6. The first kappa shape index (κ1) is 83.0. The zero-order valence-electron chi connectivity index (χ0n) is 57.2. The first-order valence-corrected chi connectivity index (χ1v) is 36.1. The number of allylic oxidation sites excluding steroid dienone is 18. The summed E-state index contributed by atoms with van der Waals surface area (Å²) >= 11 is 0. The molecule has 0 bridgehead atoms. The molecule has 2 unspecified atom stereocenters. The molecule has 0 aliphatic heterocycles. The zero-order chi connectivity index (χ0) is 63.3.